The van der Waals surface area contributed by atoms with Crippen LogP contribution in [0.3, 0.4) is 0 Å². The van der Waals surface area contributed by atoms with Gasteiger partial charge in [0.15, 0.2) is 5.69 Å². The Morgan fingerprint density at radius 1 is 1.40 bits per heavy atom. The fraction of sp³-hybridized carbons (Fsp3) is 0.0714. The summed E-state index contributed by atoms with van der Waals surface area (Å²) in [4.78, 5) is 8.60. The highest BCUT2D eigenvalue weighted by molar-refractivity contribution is 7.13. The van der Waals surface area contributed by atoms with Crippen molar-refractivity contribution >= 4 is 33.8 Å². The summed E-state index contributed by atoms with van der Waals surface area (Å²) in [6, 6.07) is 7.58. The van der Waals surface area contributed by atoms with Crippen molar-refractivity contribution in [3.63, 3.8) is 0 Å². The molecule has 0 radical (unpaired) electrons. The Balaban J connectivity index is 2.28. The lowest BCUT2D eigenvalue weighted by Gasteiger charge is -2.08. The first-order valence-corrected chi connectivity index (χ1v) is 6.97. The summed E-state index contributed by atoms with van der Waals surface area (Å²) in [7, 11) is 1.59. The van der Waals surface area contributed by atoms with E-state index >= 15 is 0 Å². The van der Waals surface area contributed by atoms with E-state index in [1.54, 1.807) is 18.7 Å². The molecule has 0 amide bonds. The molecule has 0 saturated carbocycles. The van der Waals surface area contributed by atoms with Gasteiger partial charge in [-0.05, 0) is 12.1 Å². The molecule has 3 rings (SSSR count). The number of hydrogen-bond donors (Lipinski definition) is 0. The van der Waals surface area contributed by atoms with Crippen molar-refractivity contribution in [2.75, 3.05) is 7.11 Å². The molecule has 0 unspecified atom stereocenters. The molecule has 3 aromatic rings. The van der Waals surface area contributed by atoms with Crippen molar-refractivity contribution in [1.29, 1.82) is 5.26 Å². The van der Waals surface area contributed by atoms with Crippen molar-refractivity contribution in [2.24, 2.45) is 0 Å². The number of nitrogens with zero attached hydrogens (tertiary/aromatic N) is 3. The summed E-state index contributed by atoms with van der Waals surface area (Å²) in [5.74, 6) is 0.666. The summed E-state index contributed by atoms with van der Waals surface area (Å²) < 4.78 is 5.33. The summed E-state index contributed by atoms with van der Waals surface area (Å²) in [6.45, 7) is 0. The average Bonchev–Trinajstić information content (AvgIpc) is 2.95. The standard InChI is InChI=1S/C14H8ClN3OS/c1-19-11-4-2-3-10-12(11)13(15)9(6-17-10)14-18-8(5-16)7-20-14/h2-4,6-7H,1H3. The van der Waals surface area contributed by atoms with Crippen LogP contribution in [0.15, 0.2) is 29.8 Å². The number of methoxy groups -OCH3 is 1. The lowest BCUT2D eigenvalue weighted by Crippen LogP contribution is -1.90. The number of thiazole rings is 1. The Labute approximate surface area is 124 Å². The van der Waals surface area contributed by atoms with Gasteiger partial charge in [-0.15, -0.1) is 11.3 Å². The van der Waals surface area contributed by atoms with E-state index in [1.807, 2.05) is 24.3 Å². The predicted octanol–water partition coefficient (Wildman–Crippen LogP) is 3.89. The van der Waals surface area contributed by atoms with Gasteiger partial charge in [-0.25, -0.2) is 4.98 Å². The molecule has 0 bridgehead atoms. The largest absolute Gasteiger partial charge is 0.496 e. The minimum atomic E-state index is 0.376. The second-order valence-electron chi connectivity index (χ2n) is 3.99. The lowest BCUT2D eigenvalue weighted by molar-refractivity contribution is 0.420. The summed E-state index contributed by atoms with van der Waals surface area (Å²) in [6.07, 6.45) is 1.67. The average molecular weight is 302 g/mol. The van der Waals surface area contributed by atoms with Crippen molar-refractivity contribution < 1.29 is 4.74 Å². The van der Waals surface area contributed by atoms with Crippen LogP contribution in [-0.4, -0.2) is 17.1 Å². The Bertz CT molecular complexity index is 838. The van der Waals surface area contributed by atoms with E-state index in [2.05, 4.69) is 9.97 Å². The first-order valence-electron chi connectivity index (χ1n) is 5.72. The fourth-order valence-corrected chi connectivity index (χ4v) is 3.09. The number of halogens is 1. The maximum atomic E-state index is 8.85. The van der Waals surface area contributed by atoms with Crippen LogP contribution in [0.25, 0.3) is 21.5 Å². The van der Waals surface area contributed by atoms with Crippen LogP contribution in [0.5, 0.6) is 5.75 Å². The first kappa shape index (κ1) is 12.9. The van der Waals surface area contributed by atoms with E-state index in [0.29, 0.717) is 27.0 Å². The van der Waals surface area contributed by atoms with E-state index in [0.717, 1.165) is 10.9 Å². The van der Waals surface area contributed by atoms with E-state index in [4.69, 9.17) is 21.6 Å². The Morgan fingerprint density at radius 2 is 2.25 bits per heavy atom. The smallest absolute Gasteiger partial charge is 0.152 e. The third-order valence-corrected chi connectivity index (χ3v) is 4.13. The second-order valence-corrected chi connectivity index (χ2v) is 5.23. The number of pyridine rings is 1. The van der Waals surface area contributed by atoms with Crippen molar-refractivity contribution in [1.82, 2.24) is 9.97 Å². The zero-order valence-electron chi connectivity index (χ0n) is 10.4. The highest BCUT2D eigenvalue weighted by Gasteiger charge is 2.15. The minimum Gasteiger partial charge on any atom is -0.496 e. The van der Waals surface area contributed by atoms with Gasteiger partial charge in [-0.2, -0.15) is 5.26 Å². The second kappa shape index (κ2) is 5.08. The van der Waals surface area contributed by atoms with E-state index in [9.17, 15) is 0 Å². The van der Waals surface area contributed by atoms with Crippen LogP contribution >= 0.6 is 22.9 Å². The van der Waals surface area contributed by atoms with Crippen molar-refractivity contribution in [3.05, 3.63) is 40.5 Å². The maximum Gasteiger partial charge on any atom is 0.152 e. The normalized spacial score (nSPS) is 10.4. The van der Waals surface area contributed by atoms with E-state index in [1.165, 1.54) is 11.3 Å². The number of nitriles is 1. The topological polar surface area (TPSA) is 58.8 Å². The molecule has 0 aliphatic carbocycles. The zero-order valence-corrected chi connectivity index (χ0v) is 12.0. The fourth-order valence-electron chi connectivity index (χ4n) is 1.94. The molecule has 0 aliphatic rings. The van der Waals surface area contributed by atoms with Gasteiger partial charge in [0.05, 0.1) is 23.0 Å². The number of fused-ring (bicyclic) bond motifs is 1. The van der Waals surface area contributed by atoms with Crippen LogP contribution in [0, 0.1) is 11.3 Å². The SMILES string of the molecule is COc1cccc2ncc(-c3nc(C#N)cs3)c(Cl)c12. The molecule has 2 heterocycles. The van der Waals surface area contributed by atoms with E-state index < -0.39 is 0 Å². The molecule has 0 fully saturated rings. The Kier molecular flexibility index (Phi) is 3.26. The summed E-state index contributed by atoms with van der Waals surface area (Å²) >= 11 is 7.84. The molecule has 0 aliphatic heterocycles. The number of hydrogen-bond acceptors (Lipinski definition) is 5. The summed E-state index contributed by atoms with van der Waals surface area (Å²) in [5.41, 5.74) is 1.84. The van der Waals surface area contributed by atoms with Gasteiger partial charge in [0.1, 0.15) is 16.8 Å². The molecule has 0 saturated heterocycles. The van der Waals surface area contributed by atoms with Gasteiger partial charge in [0, 0.05) is 17.1 Å². The van der Waals surface area contributed by atoms with Gasteiger partial charge in [0.25, 0.3) is 0 Å². The minimum absolute atomic E-state index is 0.376. The van der Waals surface area contributed by atoms with Crippen molar-refractivity contribution in [2.45, 2.75) is 0 Å². The molecule has 1 aromatic carbocycles. The first-order chi connectivity index (χ1) is 9.74. The van der Waals surface area contributed by atoms with Gasteiger partial charge >= 0.3 is 0 Å². The summed E-state index contributed by atoms with van der Waals surface area (Å²) in [5, 5.41) is 12.5. The number of rotatable bonds is 2. The van der Waals surface area contributed by atoms with Crippen LogP contribution in [-0.2, 0) is 0 Å². The highest BCUT2D eigenvalue weighted by atomic mass is 35.5. The molecule has 6 heteroatoms. The van der Waals surface area contributed by atoms with Gasteiger partial charge in [0.2, 0.25) is 0 Å². The van der Waals surface area contributed by atoms with Gasteiger partial charge < -0.3 is 4.74 Å². The van der Waals surface area contributed by atoms with Crippen LogP contribution in [0.2, 0.25) is 5.02 Å². The molecule has 4 nitrogen and oxygen atoms in total. The lowest BCUT2D eigenvalue weighted by atomic mass is 10.1. The third kappa shape index (κ3) is 1.99. The molecule has 0 atom stereocenters. The quantitative estimate of drug-likeness (QED) is 0.720. The number of ether oxygens (including phenoxy) is 1. The third-order valence-electron chi connectivity index (χ3n) is 2.86. The van der Waals surface area contributed by atoms with Gasteiger partial charge in [-0.3, -0.25) is 4.98 Å². The van der Waals surface area contributed by atoms with Crippen LogP contribution in [0.1, 0.15) is 5.69 Å². The molecule has 2 aromatic heterocycles. The monoisotopic (exact) mass is 301 g/mol. The van der Waals surface area contributed by atoms with Crippen LogP contribution < -0.4 is 4.74 Å². The van der Waals surface area contributed by atoms with Crippen molar-refractivity contribution in [3.8, 4) is 22.4 Å². The molecule has 0 N–H and O–H groups in total. The zero-order chi connectivity index (χ0) is 14.1. The van der Waals surface area contributed by atoms with E-state index in [-0.39, 0.29) is 0 Å². The Hall–Kier alpha value is -2.16. The molecular formula is C14H8ClN3OS. The van der Waals surface area contributed by atoms with Gasteiger partial charge in [-0.1, -0.05) is 17.7 Å². The highest BCUT2D eigenvalue weighted by Crippen LogP contribution is 2.38. The Morgan fingerprint density at radius 3 is 2.95 bits per heavy atom. The maximum absolute atomic E-state index is 8.85. The number of benzene rings is 1. The molecule has 20 heavy (non-hydrogen) atoms. The van der Waals surface area contributed by atoms with Crippen LogP contribution in [0.4, 0.5) is 0 Å². The number of aromatic nitrogens is 2. The predicted molar refractivity (Wildman–Crippen MR) is 79.1 cm³/mol. The molecule has 98 valence electrons. The molecule has 0 spiro atoms. The molecular weight excluding hydrogens is 294 g/mol.